The van der Waals surface area contributed by atoms with E-state index in [2.05, 4.69) is 48.5 Å². The summed E-state index contributed by atoms with van der Waals surface area (Å²) in [5.41, 5.74) is -0.137. The molecule has 3 nitrogen and oxygen atoms in total. The van der Waals surface area contributed by atoms with Gasteiger partial charge in [0.25, 0.3) is 0 Å². The number of hydrogen-bond donors (Lipinski definition) is 0. The van der Waals surface area contributed by atoms with Gasteiger partial charge >= 0.3 is 0 Å². The molecule has 0 radical (unpaired) electrons. The highest BCUT2D eigenvalue weighted by atomic mass is 16.6. The van der Waals surface area contributed by atoms with Gasteiger partial charge in [-0.25, -0.2) is 0 Å². The molecule has 180 valence electrons. The number of Topliss-reactive ketones (excluding diaryl/α,β-unsaturated/α-hetero) is 2. The molecule has 4 aliphatic carbocycles. The number of ether oxygens (including phenoxy) is 1. The summed E-state index contributed by atoms with van der Waals surface area (Å²) < 4.78 is 6.77. The Balaban J connectivity index is 1.47. The van der Waals surface area contributed by atoms with Gasteiger partial charge in [-0.3, -0.25) is 9.59 Å². The molecule has 1 heterocycles. The van der Waals surface area contributed by atoms with Crippen LogP contribution in [0.2, 0.25) is 0 Å². The van der Waals surface area contributed by atoms with Gasteiger partial charge in [0.05, 0.1) is 12.0 Å². The van der Waals surface area contributed by atoms with Crippen LogP contribution in [0.5, 0.6) is 0 Å². The summed E-state index contributed by atoms with van der Waals surface area (Å²) in [6.07, 6.45) is 9.85. The molecular weight excluding hydrogens is 396 g/mol. The maximum atomic E-state index is 13.9. The van der Waals surface area contributed by atoms with Gasteiger partial charge in [-0.1, -0.05) is 67.7 Å². The number of ketones is 2. The van der Waals surface area contributed by atoms with E-state index in [-0.39, 0.29) is 45.7 Å². The lowest BCUT2D eigenvalue weighted by molar-refractivity contribution is -0.174. The summed E-state index contributed by atoms with van der Waals surface area (Å²) in [6, 6.07) is 0. The molecule has 1 spiro atoms. The van der Waals surface area contributed by atoms with Crippen LogP contribution in [-0.4, -0.2) is 23.3 Å². The number of carbonyl (C=O) groups is 2. The number of epoxide rings is 1. The average molecular weight is 443 g/mol. The zero-order valence-electron chi connectivity index (χ0n) is 21.6. The van der Waals surface area contributed by atoms with E-state index in [1.54, 1.807) is 0 Å². The van der Waals surface area contributed by atoms with Crippen LogP contribution in [0, 0.1) is 51.8 Å². The number of rotatable bonds is 5. The van der Waals surface area contributed by atoms with Crippen LogP contribution in [0.3, 0.4) is 0 Å². The van der Waals surface area contributed by atoms with Gasteiger partial charge in [-0.05, 0) is 60.2 Å². The van der Waals surface area contributed by atoms with Gasteiger partial charge in [0, 0.05) is 24.2 Å². The van der Waals surface area contributed by atoms with Crippen molar-refractivity contribution in [2.75, 3.05) is 0 Å². The second kappa shape index (κ2) is 7.15. The summed E-state index contributed by atoms with van der Waals surface area (Å²) in [6.45, 7) is 16.6. The smallest absolute Gasteiger partial charge is 0.139 e. The van der Waals surface area contributed by atoms with Crippen molar-refractivity contribution in [3.05, 3.63) is 0 Å². The van der Waals surface area contributed by atoms with Crippen LogP contribution >= 0.6 is 0 Å². The van der Waals surface area contributed by atoms with Crippen LogP contribution in [0.25, 0.3) is 0 Å². The summed E-state index contributed by atoms with van der Waals surface area (Å²) in [5.74, 6) is 3.13. The summed E-state index contributed by atoms with van der Waals surface area (Å²) in [4.78, 5) is 26.5. The molecule has 5 fully saturated rings. The fourth-order valence-corrected chi connectivity index (χ4v) is 10.0. The fourth-order valence-electron chi connectivity index (χ4n) is 10.0. The van der Waals surface area contributed by atoms with E-state index in [4.69, 9.17) is 4.74 Å². The zero-order chi connectivity index (χ0) is 23.3. The maximum Gasteiger partial charge on any atom is 0.139 e. The van der Waals surface area contributed by atoms with E-state index < -0.39 is 0 Å². The highest BCUT2D eigenvalue weighted by molar-refractivity contribution is 5.89. The predicted molar refractivity (Wildman–Crippen MR) is 127 cm³/mol. The molecule has 0 N–H and O–H groups in total. The molecule has 32 heavy (non-hydrogen) atoms. The van der Waals surface area contributed by atoms with E-state index >= 15 is 0 Å². The lowest BCUT2D eigenvalue weighted by atomic mass is 9.39. The maximum absolute atomic E-state index is 13.9. The van der Waals surface area contributed by atoms with E-state index in [1.807, 2.05) is 0 Å². The van der Waals surface area contributed by atoms with Crippen molar-refractivity contribution in [2.45, 2.75) is 118 Å². The first kappa shape index (κ1) is 23.1. The van der Waals surface area contributed by atoms with Crippen molar-refractivity contribution in [3.63, 3.8) is 0 Å². The molecule has 1 aliphatic heterocycles. The highest BCUT2D eigenvalue weighted by Crippen LogP contribution is 2.80. The molecule has 0 aromatic heterocycles. The van der Waals surface area contributed by atoms with Crippen molar-refractivity contribution in [2.24, 2.45) is 51.8 Å². The van der Waals surface area contributed by atoms with Gasteiger partial charge in [0.1, 0.15) is 17.2 Å². The highest BCUT2D eigenvalue weighted by Gasteiger charge is 2.84. The molecule has 0 aromatic carbocycles. The largest absolute Gasteiger partial charge is 0.365 e. The first-order valence-corrected chi connectivity index (χ1v) is 13.7. The van der Waals surface area contributed by atoms with Gasteiger partial charge in [0.15, 0.2) is 0 Å². The molecule has 0 unspecified atom stereocenters. The van der Waals surface area contributed by atoms with Crippen molar-refractivity contribution < 1.29 is 14.3 Å². The van der Waals surface area contributed by atoms with Crippen molar-refractivity contribution in [1.82, 2.24) is 0 Å². The van der Waals surface area contributed by atoms with E-state index in [9.17, 15) is 9.59 Å². The van der Waals surface area contributed by atoms with Gasteiger partial charge in [0.2, 0.25) is 0 Å². The number of carbonyl (C=O) groups excluding carboxylic acids is 2. The molecule has 0 amide bonds. The van der Waals surface area contributed by atoms with Crippen LogP contribution < -0.4 is 0 Å². The minimum Gasteiger partial charge on any atom is -0.365 e. The third-order valence-electron chi connectivity index (χ3n) is 12.1. The Bertz CT molecular complexity index is 817. The molecule has 5 aliphatic rings. The van der Waals surface area contributed by atoms with Crippen molar-refractivity contribution in [1.29, 1.82) is 0 Å². The lowest BCUT2D eigenvalue weighted by Gasteiger charge is -2.62. The molecule has 1 saturated heterocycles. The van der Waals surface area contributed by atoms with Crippen LogP contribution in [0.4, 0.5) is 0 Å². The van der Waals surface area contributed by atoms with Gasteiger partial charge in [-0.15, -0.1) is 0 Å². The Labute approximate surface area is 195 Å². The Morgan fingerprint density at radius 2 is 1.69 bits per heavy atom. The summed E-state index contributed by atoms with van der Waals surface area (Å²) in [5, 5.41) is 0. The SMILES string of the molecule is CC(C)CCC[C@@H](C)[C@H]1CC[C@@]2(C)[C@@H]3C(=O)C[C@H]4[C@H](C)C(=O)CC[C@]4(C)[C@@]34O[C@@H]4C[C@]12C. The van der Waals surface area contributed by atoms with Gasteiger partial charge in [-0.2, -0.15) is 0 Å². The summed E-state index contributed by atoms with van der Waals surface area (Å²) in [7, 11) is 0. The number of fused-ring (bicyclic) bond motifs is 3. The quantitative estimate of drug-likeness (QED) is 0.449. The minimum atomic E-state index is -0.300. The number of hydrogen-bond acceptors (Lipinski definition) is 3. The van der Waals surface area contributed by atoms with Crippen LogP contribution in [-0.2, 0) is 14.3 Å². The van der Waals surface area contributed by atoms with Crippen LogP contribution in [0.15, 0.2) is 0 Å². The Kier molecular flexibility index (Phi) is 5.16. The Hall–Kier alpha value is -0.700. The standard InChI is InChI=1S/C29H46O3/c1-17(2)9-8-10-18(3)20-11-13-27(6)25-23(31)15-21-19(4)22(30)12-14-26(21,5)29(25)24(32-29)16-28(20,27)7/h17-21,24-25H,8-16H2,1-7H3/t18-,19+,20-,21+,24-,25+,26+,27+,28-,29+/m1/s1. The summed E-state index contributed by atoms with van der Waals surface area (Å²) >= 11 is 0. The third-order valence-corrected chi connectivity index (χ3v) is 12.1. The van der Waals surface area contributed by atoms with Crippen LogP contribution in [0.1, 0.15) is 106 Å². The fraction of sp³-hybridized carbons (Fsp3) is 0.931. The zero-order valence-corrected chi connectivity index (χ0v) is 21.6. The normalized spacial score (nSPS) is 52.8. The Morgan fingerprint density at radius 1 is 0.969 bits per heavy atom. The third kappa shape index (κ3) is 2.70. The van der Waals surface area contributed by atoms with E-state index in [0.717, 1.165) is 25.2 Å². The molecular formula is C29H46O3. The minimum absolute atomic E-state index is 0.00343. The molecule has 5 rings (SSSR count). The molecule has 0 aromatic rings. The van der Waals surface area contributed by atoms with E-state index in [1.165, 1.54) is 25.7 Å². The molecule has 4 saturated carbocycles. The second-order valence-corrected chi connectivity index (χ2v) is 13.8. The topological polar surface area (TPSA) is 46.7 Å². The average Bonchev–Trinajstić information content (AvgIpc) is 3.34. The first-order chi connectivity index (χ1) is 14.9. The molecule has 10 atom stereocenters. The Morgan fingerprint density at radius 3 is 2.38 bits per heavy atom. The first-order valence-electron chi connectivity index (χ1n) is 13.7. The van der Waals surface area contributed by atoms with E-state index in [0.29, 0.717) is 36.2 Å². The molecule has 0 bridgehead atoms. The van der Waals surface area contributed by atoms with Crippen molar-refractivity contribution in [3.8, 4) is 0 Å². The predicted octanol–water partition coefficient (Wildman–Crippen LogP) is 6.62. The van der Waals surface area contributed by atoms with Gasteiger partial charge < -0.3 is 4.74 Å². The monoisotopic (exact) mass is 442 g/mol. The molecule has 3 heteroatoms. The van der Waals surface area contributed by atoms with Crippen molar-refractivity contribution >= 4 is 11.6 Å². The second-order valence-electron chi connectivity index (χ2n) is 13.8. The lowest BCUT2D eigenvalue weighted by Crippen LogP contribution is -2.67.